The van der Waals surface area contributed by atoms with Gasteiger partial charge in [0, 0.05) is 23.7 Å². The standard InChI is InChI=1S/C27H25NO2/c1-19-24(27(29)30-2)26(22-16-10-5-11-17-22)25(21-14-8-4-9-15-21)23(28-19)18-20-12-6-3-7-13-20/h3-17,26,28H,18H2,1-2H3. The lowest BCUT2D eigenvalue weighted by molar-refractivity contribution is -0.136. The summed E-state index contributed by atoms with van der Waals surface area (Å²) in [5.74, 6) is -0.512. The number of rotatable bonds is 5. The molecule has 3 heteroatoms. The largest absolute Gasteiger partial charge is 0.466 e. The number of hydrogen-bond donors (Lipinski definition) is 1. The summed E-state index contributed by atoms with van der Waals surface area (Å²) in [7, 11) is 1.44. The minimum atomic E-state index is -0.305. The van der Waals surface area contributed by atoms with Crippen LogP contribution < -0.4 is 5.32 Å². The summed E-state index contributed by atoms with van der Waals surface area (Å²) in [6.45, 7) is 1.95. The second-order valence-corrected chi connectivity index (χ2v) is 7.42. The molecular formula is C27H25NO2. The van der Waals surface area contributed by atoms with Crippen LogP contribution in [0.15, 0.2) is 108 Å². The maximum Gasteiger partial charge on any atom is 0.336 e. The second kappa shape index (κ2) is 8.83. The molecule has 1 atom stereocenters. The average molecular weight is 396 g/mol. The maximum absolute atomic E-state index is 12.9. The second-order valence-electron chi connectivity index (χ2n) is 7.42. The van der Waals surface area contributed by atoms with Crippen molar-refractivity contribution >= 4 is 11.5 Å². The Balaban J connectivity index is 1.94. The summed E-state index contributed by atoms with van der Waals surface area (Å²) in [6.07, 6.45) is 0.750. The fraction of sp³-hybridized carbons (Fsp3) is 0.148. The predicted octanol–water partition coefficient (Wildman–Crippen LogP) is 5.47. The lowest BCUT2D eigenvalue weighted by Crippen LogP contribution is -2.30. The van der Waals surface area contributed by atoms with Gasteiger partial charge in [-0.3, -0.25) is 0 Å². The van der Waals surface area contributed by atoms with E-state index >= 15 is 0 Å². The van der Waals surface area contributed by atoms with Crippen LogP contribution in [0.25, 0.3) is 5.57 Å². The SMILES string of the molecule is COC(=O)C1=C(C)NC(Cc2ccccc2)=C(c2ccccc2)C1c1ccccc1. The molecule has 0 spiro atoms. The van der Waals surface area contributed by atoms with E-state index in [-0.39, 0.29) is 11.9 Å². The first-order chi connectivity index (χ1) is 14.7. The average Bonchev–Trinajstić information content (AvgIpc) is 2.80. The highest BCUT2D eigenvalue weighted by atomic mass is 16.5. The summed E-state index contributed by atoms with van der Waals surface area (Å²) in [4.78, 5) is 12.9. The molecule has 1 aliphatic rings. The molecule has 0 aliphatic carbocycles. The monoisotopic (exact) mass is 395 g/mol. The van der Waals surface area contributed by atoms with Crippen molar-refractivity contribution in [2.45, 2.75) is 19.3 Å². The van der Waals surface area contributed by atoms with Crippen molar-refractivity contribution in [1.82, 2.24) is 5.32 Å². The molecular weight excluding hydrogens is 370 g/mol. The Bertz CT molecular complexity index is 1080. The molecule has 0 saturated carbocycles. The van der Waals surface area contributed by atoms with E-state index in [2.05, 4.69) is 53.8 Å². The van der Waals surface area contributed by atoms with E-state index < -0.39 is 0 Å². The molecule has 1 aliphatic heterocycles. The van der Waals surface area contributed by atoms with E-state index in [1.54, 1.807) is 0 Å². The van der Waals surface area contributed by atoms with Gasteiger partial charge in [-0.05, 0) is 29.2 Å². The fourth-order valence-corrected chi connectivity index (χ4v) is 4.15. The van der Waals surface area contributed by atoms with Crippen LogP contribution in [0.2, 0.25) is 0 Å². The number of esters is 1. The molecule has 150 valence electrons. The quantitative estimate of drug-likeness (QED) is 0.582. The third-order valence-electron chi connectivity index (χ3n) is 5.49. The topological polar surface area (TPSA) is 38.3 Å². The molecule has 0 radical (unpaired) electrons. The summed E-state index contributed by atoms with van der Waals surface area (Å²) in [5, 5.41) is 3.54. The summed E-state index contributed by atoms with van der Waals surface area (Å²) in [6, 6.07) is 30.9. The van der Waals surface area contributed by atoms with Crippen LogP contribution in [0, 0.1) is 0 Å². The number of carbonyl (C=O) groups is 1. The van der Waals surface area contributed by atoms with Gasteiger partial charge in [-0.2, -0.15) is 0 Å². The molecule has 0 amide bonds. The van der Waals surface area contributed by atoms with E-state index in [4.69, 9.17) is 4.74 Å². The normalized spacial score (nSPS) is 16.3. The van der Waals surface area contributed by atoms with Gasteiger partial charge in [0.1, 0.15) is 0 Å². The van der Waals surface area contributed by atoms with Gasteiger partial charge in [-0.25, -0.2) is 4.79 Å². The molecule has 3 nitrogen and oxygen atoms in total. The van der Waals surface area contributed by atoms with Gasteiger partial charge >= 0.3 is 5.97 Å². The van der Waals surface area contributed by atoms with Gasteiger partial charge in [0.2, 0.25) is 0 Å². The number of dihydropyridines is 1. The minimum absolute atomic E-state index is 0.207. The lowest BCUT2D eigenvalue weighted by Gasteiger charge is -2.33. The highest BCUT2D eigenvalue weighted by Gasteiger charge is 2.35. The zero-order valence-electron chi connectivity index (χ0n) is 17.3. The molecule has 0 fully saturated rings. The van der Waals surface area contributed by atoms with Crippen molar-refractivity contribution in [2.75, 3.05) is 7.11 Å². The molecule has 0 bridgehead atoms. The first kappa shape index (κ1) is 19.7. The molecule has 3 aromatic rings. The van der Waals surface area contributed by atoms with E-state index in [9.17, 15) is 4.79 Å². The van der Waals surface area contributed by atoms with Gasteiger partial charge in [0.15, 0.2) is 0 Å². The Labute approximate surface area is 177 Å². The van der Waals surface area contributed by atoms with Crippen molar-refractivity contribution in [3.8, 4) is 0 Å². The van der Waals surface area contributed by atoms with Crippen molar-refractivity contribution in [2.24, 2.45) is 0 Å². The number of ether oxygens (including phenoxy) is 1. The zero-order valence-corrected chi connectivity index (χ0v) is 17.3. The Hall–Kier alpha value is -3.59. The molecule has 3 aromatic carbocycles. The number of nitrogens with one attached hydrogen (secondary N) is 1. The van der Waals surface area contributed by atoms with E-state index in [1.165, 1.54) is 12.7 Å². The minimum Gasteiger partial charge on any atom is -0.466 e. The molecule has 0 saturated heterocycles. The Morgan fingerprint density at radius 2 is 1.43 bits per heavy atom. The summed E-state index contributed by atoms with van der Waals surface area (Å²) in [5.41, 5.74) is 7.08. The van der Waals surface area contributed by atoms with E-state index in [1.807, 2.05) is 49.4 Å². The maximum atomic E-state index is 12.9. The van der Waals surface area contributed by atoms with Crippen molar-refractivity contribution < 1.29 is 9.53 Å². The molecule has 0 aromatic heterocycles. The third-order valence-corrected chi connectivity index (χ3v) is 5.49. The van der Waals surface area contributed by atoms with Crippen LogP contribution in [0.1, 0.15) is 29.5 Å². The van der Waals surface area contributed by atoms with Crippen LogP contribution in [-0.2, 0) is 16.0 Å². The van der Waals surface area contributed by atoms with Crippen LogP contribution >= 0.6 is 0 Å². The first-order valence-corrected chi connectivity index (χ1v) is 10.1. The predicted molar refractivity (Wildman–Crippen MR) is 121 cm³/mol. The van der Waals surface area contributed by atoms with Gasteiger partial charge in [-0.15, -0.1) is 0 Å². The molecule has 30 heavy (non-hydrogen) atoms. The number of benzene rings is 3. The van der Waals surface area contributed by atoms with Crippen LogP contribution in [0.3, 0.4) is 0 Å². The summed E-state index contributed by atoms with van der Waals surface area (Å²) < 4.78 is 5.19. The number of hydrogen-bond acceptors (Lipinski definition) is 3. The van der Waals surface area contributed by atoms with Crippen LogP contribution in [0.4, 0.5) is 0 Å². The third kappa shape index (κ3) is 3.92. The van der Waals surface area contributed by atoms with E-state index in [0.29, 0.717) is 5.57 Å². The molecule has 1 N–H and O–H groups in total. The van der Waals surface area contributed by atoms with E-state index in [0.717, 1.165) is 34.5 Å². The van der Waals surface area contributed by atoms with Gasteiger partial charge in [0.05, 0.1) is 12.7 Å². The van der Waals surface area contributed by atoms with Gasteiger partial charge in [0.25, 0.3) is 0 Å². The molecule has 1 unspecified atom stereocenters. The van der Waals surface area contributed by atoms with Gasteiger partial charge < -0.3 is 10.1 Å². The van der Waals surface area contributed by atoms with Crippen molar-refractivity contribution in [3.05, 3.63) is 125 Å². The number of allylic oxidation sites excluding steroid dienone is 3. The Kier molecular flexibility index (Phi) is 5.80. The highest BCUT2D eigenvalue weighted by Crippen LogP contribution is 2.44. The lowest BCUT2D eigenvalue weighted by atomic mass is 9.77. The first-order valence-electron chi connectivity index (χ1n) is 10.1. The van der Waals surface area contributed by atoms with Crippen LogP contribution in [0.5, 0.6) is 0 Å². The Morgan fingerprint density at radius 1 is 0.867 bits per heavy atom. The van der Waals surface area contributed by atoms with Crippen molar-refractivity contribution in [1.29, 1.82) is 0 Å². The van der Waals surface area contributed by atoms with Crippen LogP contribution in [-0.4, -0.2) is 13.1 Å². The smallest absolute Gasteiger partial charge is 0.336 e. The Morgan fingerprint density at radius 3 is 2.03 bits per heavy atom. The van der Waals surface area contributed by atoms with Crippen molar-refractivity contribution in [3.63, 3.8) is 0 Å². The molecule has 4 rings (SSSR count). The molecule has 1 heterocycles. The highest BCUT2D eigenvalue weighted by molar-refractivity contribution is 5.97. The fourth-order valence-electron chi connectivity index (χ4n) is 4.15. The summed E-state index contributed by atoms with van der Waals surface area (Å²) >= 11 is 0. The zero-order chi connectivity index (χ0) is 20.9. The number of methoxy groups -OCH3 is 1. The van der Waals surface area contributed by atoms with Gasteiger partial charge in [-0.1, -0.05) is 91.0 Å². The number of carbonyl (C=O) groups excluding carboxylic acids is 1.